The molecule has 0 saturated heterocycles. The van der Waals surface area contributed by atoms with Crippen LogP contribution in [0, 0.1) is 5.82 Å². The summed E-state index contributed by atoms with van der Waals surface area (Å²) in [4.78, 5) is 12.2. The van der Waals surface area contributed by atoms with Crippen molar-refractivity contribution in [3.63, 3.8) is 0 Å². The van der Waals surface area contributed by atoms with E-state index in [2.05, 4.69) is 25.5 Å². The van der Waals surface area contributed by atoms with Crippen LogP contribution in [0.15, 0.2) is 59.8 Å². The van der Waals surface area contributed by atoms with Gasteiger partial charge < -0.3 is 15.2 Å². The van der Waals surface area contributed by atoms with Crippen molar-refractivity contribution in [1.82, 2.24) is 15.0 Å². The maximum Gasteiger partial charge on any atom is 0.230 e. The lowest BCUT2D eigenvalue weighted by Crippen LogP contribution is -2.15. The number of benzene rings is 2. The highest BCUT2D eigenvalue weighted by molar-refractivity contribution is 8.01. The van der Waals surface area contributed by atoms with E-state index in [1.807, 2.05) is 0 Å². The molecule has 2 heterocycles. The minimum absolute atomic E-state index is 0.00758. The summed E-state index contributed by atoms with van der Waals surface area (Å²) in [5.74, 6) is 3.37. The van der Waals surface area contributed by atoms with Crippen molar-refractivity contribution in [1.29, 1.82) is 0 Å². The Morgan fingerprint density at radius 1 is 1.19 bits per heavy atom. The molecule has 31 heavy (non-hydrogen) atoms. The van der Waals surface area contributed by atoms with Gasteiger partial charge >= 0.3 is 0 Å². The van der Waals surface area contributed by atoms with Gasteiger partial charge in [-0.05, 0) is 35.7 Å². The van der Waals surface area contributed by atoms with Crippen LogP contribution in [0.5, 0.6) is 5.88 Å². The number of hydrogen-bond acceptors (Lipinski definition) is 6. The van der Waals surface area contributed by atoms with E-state index in [4.69, 9.17) is 22.1 Å². The van der Waals surface area contributed by atoms with E-state index in [1.165, 1.54) is 25.4 Å². The minimum Gasteiger partial charge on any atom is -0.480 e. The van der Waals surface area contributed by atoms with E-state index in [0.29, 0.717) is 22.0 Å². The summed E-state index contributed by atoms with van der Waals surface area (Å²) in [5.41, 5.74) is 7.16. The number of ether oxygens (including phenoxy) is 1. The zero-order valence-corrected chi connectivity index (χ0v) is 17.9. The number of nitrogens with two attached hydrogens (primary N) is 1. The van der Waals surface area contributed by atoms with Crippen molar-refractivity contribution in [2.45, 2.75) is 4.90 Å². The van der Waals surface area contributed by atoms with Gasteiger partial charge in [-0.1, -0.05) is 29.8 Å². The van der Waals surface area contributed by atoms with Crippen LogP contribution >= 0.6 is 11.6 Å². The number of rotatable bonds is 5. The Hall–Kier alpha value is -3.43. The third kappa shape index (κ3) is 4.10. The Morgan fingerprint density at radius 2 is 2.00 bits per heavy atom. The molecule has 0 fully saturated rings. The molecule has 0 aliphatic carbocycles. The number of aromatic nitrogens is 3. The molecule has 10 heteroatoms. The van der Waals surface area contributed by atoms with E-state index in [1.54, 1.807) is 36.5 Å². The lowest BCUT2D eigenvalue weighted by molar-refractivity contribution is 0.386. The molecule has 2 aromatic carbocycles. The summed E-state index contributed by atoms with van der Waals surface area (Å²) in [5, 5.41) is 0.961. The number of hydrogen-bond donors (Lipinski definition) is 2. The summed E-state index contributed by atoms with van der Waals surface area (Å²) in [6.45, 7) is 0. The maximum atomic E-state index is 15.4. The van der Waals surface area contributed by atoms with Crippen LogP contribution in [0.1, 0.15) is 0 Å². The third-order valence-corrected chi connectivity index (χ3v) is 6.28. The fourth-order valence-electron chi connectivity index (χ4n) is 3.08. The van der Waals surface area contributed by atoms with E-state index < -0.39 is 15.5 Å². The molecule has 3 N–H and O–H groups in total. The molecule has 0 aliphatic rings. The molecule has 2 aromatic heterocycles. The second-order valence-electron chi connectivity index (χ2n) is 6.61. The van der Waals surface area contributed by atoms with E-state index in [9.17, 15) is 4.21 Å². The van der Waals surface area contributed by atoms with Crippen molar-refractivity contribution >= 4 is 49.7 Å². The normalized spacial score (nSPS) is 13.0. The first-order valence-electron chi connectivity index (χ1n) is 8.94. The smallest absolute Gasteiger partial charge is 0.230 e. The molecule has 0 saturated carbocycles. The van der Waals surface area contributed by atoms with Crippen LogP contribution in [-0.2, 0) is 9.71 Å². The Morgan fingerprint density at radius 3 is 2.77 bits per heavy atom. The summed E-state index contributed by atoms with van der Waals surface area (Å²) >= 11 is 5.99. The highest BCUT2D eigenvalue weighted by Gasteiger charge is 2.19. The lowest BCUT2D eigenvalue weighted by Gasteiger charge is -2.17. The average Bonchev–Trinajstić information content (AvgIpc) is 2.75. The molecule has 0 bridgehead atoms. The first-order valence-corrected chi connectivity index (χ1v) is 11.0. The summed E-state index contributed by atoms with van der Waals surface area (Å²) in [6.07, 6.45) is 2.93. The molecule has 1 unspecified atom stereocenters. The summed E-state index contributed by atoms with van der Waals surface area (Å²) in [7, 11) is -1.85. The molecule has 7 nitrogen and oxygen atoms in total. The van der Waals surface area contributed by atoms with Crippen LogP contribution in [0.3, 0.4) is 0 Å². The van der Waals surface area contributed by atoms with Crippen LogP contribution in [0.4, 0.5) is 16.0 Å². The molecule has 4 aromatic rings. The number of methoxy groups -OCH3 is 1. The van der Waals surface area contributed by atoms with Crippen molar-refractivity contribution in [2.24, 2.45) is 0 Å². The van der Waals surface area contributed by atoms with Crippen LogP contribution in [0.2, 0.25) is 5.02 Å². The van der Waals surface area contributed by atoms with Gasteiger partial charge in [0, 0.05) is 23.3 Å². The molecule has 0 spiro atoms. The van der Waals surface area contributed by atoms with E-state index in [0.717, 1.165) is 0 Å². The van der Waals surface area contributed by atoms with E-state index in [-0.39, 0.29) is 27.4 Å². The quantitative estimate of drug-likeness (QED) is 0.436. The maximum absolute atomic E-state index is 15.4. The molecular weight excluding hydrogens is 441 g/mol. The first kappa shape index (κ1) is 20.8. The van der Waals surface area contributed by atoms with Crippen molar-refractivity contribution in [2.75, 3.05) is 17.6 Å². The Labute approximate surface area is 183 Å². The second kappa shape index (κ2) is 8.01. The number of nitrogens with zero attached hydrogens (tertiary/aromatic N) is 3. The number of nitrogens with one attached hydrogen (secondary N) is 1. The minimum atomic E-state index is -3.24. The van der Waals surface area contributed by atoms with Gasteiger partial charge in [-0.2, -0.15) is 0 Å². The number of fused-ring (bicyclic) bond motifs is 1. The van der Waals surface area contributed by atoms with Gasteiger partial charge in [0.25, 0.3) is 0 Å². The Kier molecular flexibility index (Phi) is 5.38. The van der Waals surface area contributed by atoms with Crippen LogP contribution in [0.25, 0.3) is 22.0 Å². The molecule has 0 amide bonds. The zero-order chi connectivity index (χ0) is 22.2. The molecule has 158 valence electrons. The number of pyridine rings is 1. The molecule has 0 radical (unpaired) electrons. The van der Waals surface area contributed by atoms with Crippen LogP contribution < -0.4 is 15.2 Å². The van der Waals surface area contributed by atoms with E-state index >= 15 is 4.39 Å². The topological polar surface area (TPSA) is 103 Å². The predicted octanol–water partition coefficient (Wildman–Crippen LogP) is 4.18. The van der Waals surface area contributed by atoms with Gasteiger partial charge in [0.2, 0.25) is 11.8 Å². The molecule has 4 rings (SSSR count). The van der Waals surface area contributed by atoms with Gasteiger partial charge in [0.1, 0.15) is 4.90 Å². The number of anilines is 2. The number of nitrogen functional groups attached to an aromatic ring is 1. The average molecular weight is 458 g/mol. The van der Waals surface area contributed by atoms with Crippen LogP contribution in [-0.4, -0.2) is 32.1 Å². The van der Waals surface area contributed by atoms with Crippen molar-refractivity contribution in [3.8, 4) is 17.0 Å². The molecule has 1 atom stereocenters. The van der Waals surface area contributed by atoms with Gasteiger partial charge in [-0.15, -0.1) is 0 Å². The zero-order valence-electron chi connectivity index (χ0n) is 16.3. The van der Waals surface area contributed by atoms with Crippen molar-refractivity contribution in [3.05, 3.63) is 65.7 Å². The Bertz CT molecular complexity index is 1410. The largest absolute Gasteiger partial charge is 0.480 e. The molecular formula is C21H17ClFN5O2S. The monoisotopic (exact) mass is 457 g/mol. The molecule has 0 aliphatic heterocycles. The second-order valence-corrected chi connectivity index (χ2v) is 9.04. The highest BCUT2D eigenvalue weighted by atomic mass is 35.5. The summed E-state index contributed by atoms with van der Waals surface area (Å²) in [6, 6.07) is 11.4. The van der Waals surface area contributed by atoms with Crippen molar-refractivity contribution < 1.29 is 13.3 Å². The SMILES string of the molecule is C=S(=O)(Nc1cccc(-c2ccc3nc(N)ncc3c2)c1F)c1cc(Cl)cnc1OC. The van der Waals surface area contributed by atoms with Gasteiger partial charge in [-0.25, -0.2) is 23.6 Å². The standard InChI is InChI=1S/C21H17ClFN5O2S/c1-30-20-18(9-14(22)11-25-20)31(2,29)28-17-5-3-4-15(19(17)23)12-6-7-16-13(8-12)10-26-21(24)27-16/h3-11H,2H2,1H3,(H,28,29)(H2,24,26,27). The fourth-order valence-corrected chi connectivity index (χ4v) is 4.66. The predicted molar refractivity (Wildman–Crippen MR) is 122 cm³/mol. The Balaban J connectivity index is 1.75. The first-order chi connectivity index (χ1) is 14.8. The summed E-state index contributed by atoms with van der Waals surface area (Å²) < 4.78 is 36.5. The highest BCUT2D eigenvalue weighted by Crippen LogP contribution is 2.32. The lowest BCUT2D eigenvalue weighted by atomic mass is 10.0. The number of halogens is 2. The fraction of sp³-hybridized carbons (Fsp3) is 0.0476. The van der Waals surface area contributed by atoms with Gasteiger partial charge in [0.15, 0.2) is 5.82 Å². The van der Waals surface area contributed by atoms with Gasteiger partial charge in [-0.3, -0.25) is 0 Å². The van der Waals surface area contributed by atoms with Gasteiger partial charge in [0.05, 0.1) is 33.0 Å². The third-order valence-electron chi connectivity index (χ3n) is 4.52.